The topological polar surface area (TPSA) is 75.3 Å². The number of rotatable bonds is 13. The molecule has 1 fully saturated rings. The average molecular weight is 617 g/mol. The van der Waals surface area contributed by atoms with Gasteiger partial charge in [-0.05, 0) is 98.9 Å². The number of hydrogen-bond acceptors (Lipinski definition) is 3. The van der Waals surface area contributed by atoms with E-state index < -0.39 is 38.0 Å². The largest absolute Gasteiger partial charge is 0.416 e. The second kappa shape index (κ2) is 16.8. The second-order valence-corrected chi connectivity index (χ2v) is 14.6. The fourth-order valence-corrected chi connectivity index (χ4v) is 6.73. The normalized spacial score (nSPS) is 19.3. The summed E-state index contributed by atoms with van der Waals surface area (Å²) < 4.78 is 80.1. The van der Waals surface area contributed by atoms with Gasteiger partial charge in [0.05, 0.1) is 21.8 Å². The minimum atomic E-state index is -4.35. The minimum Gasteiger partial charge on any atom is -0.243 e. The molecule has 2 unspecified atom stereocenters. The van der Waals surface area contributed by atoms with Crippen LogP contribution in [0.4, 0.5) is 13.2 Å². The third-order valence-corrected chi connectivity index (χ3v) is 10.7. The third-order valence-electron chi connectivity index (χ3n) is 7.79. The van der Waals surface area contributed by atoms with Crippen LogP contribution in [0.5, 0.6) is 0 Å². The molecule has 41 heavy (non-hydrogen) atoms. The van der Waals surface area contributed by atoms with E-state index in [1.54, 1.807) is 13.8 Å². The molecule has 1 aliphatic carbocycles. The molecule has 2 N–H and O–H groups in total. The Morgan fingerprint density at radius 1 is 0.878 bits per heavy atom. The van der Waals surface area contributed by atoms with Crippen molar-refractivity contribution in [1.82, 2.24) is 9.44 Å². The van der Waals surface area contributed by atoms with Crippen LogP contribution < -0.4 is 9.44 Å². The molecule has 0 aromatic heterocycles. The predicted molar refractivity (Wildman–Crippen MR) is 164 cm³/mol. The summed E-state index contributed by atoms with van der Waals surface area (Å²) in [7, 11) is -4.48. The van der Waals surface area contributed by atoms with Crippen molar-refractivity contribution in [1.29, 1.82) is 0 Å². The van der Waals surface area contributed by atoms with Gasteiger partial charge in [0.2, 0.25) is 10.0 Å². The van der Waals surface area contributed by atoms with Gasteiger partial charge in [-0.2, -0.15) is 13.2 Å². The fraction of sp³-hybridized carbons (Fsp3) is 0.613. The van der Waals surface area contributed by atoms with Crippen LogP contribution in [-0.4, -0.2) is 36.7 Å². The Morgan fingerprint density at radius 2 is 1.41 bits per heavy atom. The van der Waals surface area contributed by atoms with Crippen LogP contribution in [0.2, 0.25) is 0 Å². The molecular weight excluding hydrogens is 569 g/mol. The maximum atomic E-state index is 12.7. The Labute approximate surface area is 247 Å². The number of benzene rings is 2. The summed E-state index contributed by atoms with van der Waals surface area (Å²) in [6, 6.07) is 13.6. The zero-order valence-electron chi connectivity index (χ0n) is 25.0. The first-order valence-electron chi connectivity index (χ1n) is 14.7. The van der Waals surface area contributed by atoms with Gasteiger partial charge in [-0.1, -0.05) is 57.2 Å². The standard InChI is InChI=1S/C29H41F3N2O3S2.C2H6/c1-21(2)39(36,37)34-20-22(3)25-10-12-27(13-11-25)26-8-4-23(5-9-26)16-18-33-38(35)19-17-24-6-14-28(15-7-24)29(30,31)32;1-2/h4-9,14-15,21-22,25,27,33-34H,10-13,16-20H2,1-3H3;1-2H3. The maximum absolute atomic E-state index is 12.7. The summed E-state index contributed by atoms with van der Waals surface area (Å²) in [6.07, 6.45) is 1.23. The summed E-state index contributed by atoms with van der Waals surface area (Å²) in [5.41, 5.74) is 2.54. The van der Waals surface area contributed by atoms with E-state index in [1.807, 2.05) is 13.8 Å². The Morgan fingerprint density at radius 3 is 1.95 bits per heavy atom. The van der Waals surface area contributed by atoms with E-state index in [-0.39, 0.29) is 0 Å². The lowest BCUT2D eigenvalue weighted by molar-refractivity contribution is -0.137. The molecule has 2 aromatic carbocycles. The summed E-state index contributed by atoms with van der Waals surface area (Å²) >= 11 is 0. The van der Waals surface area contributed by atoms with Gasteiger partial charge < -0.3 is 0 Å². The SMILES string of the molecule is CC.CC(CNS(=O)(=O)C(C)C)C1CCC(c2ccc(CCNS(=O)CCc3ccc(C(F)(F)F)cc3)cc2)CC1. The lowest BCUT2D eigenvalue weighted by atomic mass is 9.74. The van der Waals surface area contributed by atoms with Crippen LogP contribution in [0.1, 0.15) is 88.5 Å². The maximum Gasteiger partial charge on any atom is 0.416 e. The molecule has 1 saturated carbocycles. The van der Waals surface area contributed by atoms with E-state index in [4.69, 9.17) is 0 Å². The quantitative estimate of drug-likeness (QED) is 0.254. The van der Waals surface area contributed by atoms with Gasteiger partial charge in [0.15, 0.2) is 0 Å². The van der Waals surface area contributed by atoms with Crippen molar-refractivity contribution >= 4 is 21.0 Å². The van der Waals surface area contributed by atoms with Gasteiger partial charge in [0.25, 0.3) is 0 Å². The second-order valence-electron chi connectivity index (χ2n) is 10.9. The monoisotopic (exact) mass is 616 g/mol. The first kappa shape index (κ1) is 35.4. The number of aryl methyl sites for hydroxylation is 1. The zero-order chi connectivity index (χ0) is 30.6. The Balaban J connectivity index is 0.00000287. The van der Waals surface area contributed by atoms with Crippen molar-refractivity contribution < 1.29 is 25.8 Å². The van der Waals surface area contributed by atoms with Crippen LogP contribution in [0.25, 0.3) is 0 Å². The smallest absolute Gasteiger partial charge is 0.243 e. The molecule has 2 aromatic rings. The molecule has 0 heterocycles. The summed E-state index contributed by atoms with van der Waals surface area (Å²) in [4.78, 5) is 0. The summed E-state index contributed by atoms with van der Waals surface area (Å²) in [6.45, 7) is 10.6. The molecule has 0 saturated heterocycles. The van der Waals surface area contributed by atoms with Crippen LogP contribution in [0, 0.1) is 11.8 Å². The van der Waals surface area contributed by atoms with Crippen molar-refractivity contribution in [3.05, 3.63) is 70.8 Å². The van der Waals surface area contributed by atoms with Gasteiger partial charge in [-0.15, -0.1) is 0 Å². The van der Waals surface area contributed by atoms with E-state index in [1.165, 1.54) is 17.7 Å². The third kappa shape index (κ3) is 11.8. The van der Waals surface area contributed by atoms with E-state index in [2.05, 4.69) is 40.6 Å². The number of nitrogens with one attached hydrogen (secondary N) is 2. The molecule has 2 atom stereocenters. The van der Waals surface area contributed by atoms with Crippen molar-refractivity contribution in [2.24, 2.45) is 11.8 Å². The number of alkyl halides is 3. The molecule has 232 valence electrons. The predicted octanol–water partition coefficient (Wildman–Crippen LogP) is 7.01. The van der Waals surface area contributed by atoms with Crippen molar-refractivity contribution in [3.63, 3.8) is 0 Å². The van der Waals surface area contributed by atoms with Crippen molar-refractivity contribution in [2.75, 3.05) is 18.8 Å². The Hall–Kier alpha value is -1.75. The average Bonchev–Trinajstić information content (AvgIpc) is 2.96. The highest BCUT2D eigenvalue weighted by molar-refractivity contribution is 7.90. The molecule has 0 amide bonds. The van der Waals surface area contributed by atoms with E-state index in [0.29, 0.717) is 43.0 Å². The van der Waals surface area contributed by atoms with Crippen molar-refractivity contribution in [2.45, 2.75) is 90.5 Å². The molecule has 0 spiro atoms. The minimum absolute atomic E-state index is 0.315. The molecule has 10 heteroatoms. The number of hydrogen-bond donors (Lipinski definition) is 2. The molecule has 3 rings (SSSR count). The van der Waals surface area contributed by atoms with Crippen molar-refractivity contribution in [3.8, 4) is 0 Å². The number of halogens is 3. The van der Waals surface area contributed by atoms with Crippen LogP contribution in [0.3, 0.4) is 0 Å². The lowest BCUT2D eigenvalue weighted by Gasteiger charge is -2.32. The highest BCUT2D eigenvalue weighted by atomic mass is 32.2. The van der Waals surface area contributed by atoms with E-state index >= 15 is 0 Å². The molecule has 0 radical (unpaired) electrons. The lowest BCUT2D eigenvalue weighted by Crippen LogP contribution is -2.36. The van der Waals surface area contributed by atoms with Crippen LogP contribution >= 0.6 is 0 Å². The fourth-order valence-electron chi connectivity index (χ4n) is 5.01. The van der Waals surface area contributed by atoms with Gasteiger partial charge >= 0.3 is 6.18 Å². The van der Waals surface area contributed by atoms with Gasteiger partial charge in [-0.3, -0.25) is 0 Å². The van der Waals surface area contributed by atoms with Crippen LogP contribution in [0.15, 0.2) is 48.5 Å². The first-order valence-corrected chi connectivity index (χ1v) is 17.6. The zero-order valence-corrected chi connectivity index (χ0v) is 26.6. The molecular formula is C31H47F3N2O3S2. The highest BCUT2D eigenvalue weighted by Gasteiger charge is 2.30. The van der Waals surface area contributed by atoms with Gasteiger partial charge in [0, 0.05) is 18.8 Å². The van der Waals surface area contributed by atoms with E-state index in [9.17, 15) is 25.8 Å². The molecule has 1 aliphatic rings. The highest BCUT2D eigenvalue weighted by Crippen LogP contribution is 2.38. The molecule has 5 nitrogen and oxygen atoms in total. The summed E-state index contributed by atoms with van der Waals surface area (Å²) in [5.74, 6) is 1.71. The number of sulfonamides is 1. The summed E-state index contributed by atoms with van der Waals surface area (Å²) in [5, 5.41) is -0.415. The Kier molecular flexibility index (Phi) is 14.5. The Bertz CT molecular complexity index is 1160. The van der Waals surface area contributed by atoms with E-state index in [0.717, 1.165) is 55.4 Å². The molecule has 0 aliphatic heterocycles. The first-order chi connectivity index (χ1) is 19.3. The molecule has 0 bridgehead atoms. The van der Waals surface area contributed by atoms with Gasteiger partial charge in [-0.25, -0.2) is 22.1 Å². The van der Waals surface area contributed by atoms with Gasteiger partial charge in [0.1, 0.15) is 0 Å². The van der Waals surface area contributed by atoms with Crippen LogP contribution in [-0.2, 0) is 40.0 Å².